The van der Waals surface area contributed by atoms with Crippen LogP contribution in [0, 0.1) is 5.92 Å². The topological polar surface area (TPSA) is 40.5 Å². The summed E-state index contributed by atoms with van der Waals surface area (Å²) in [5.41, 5.74) is 1.16. The standard InChI is InChI=1S/C11H12ClNO2/c1-7-5-13(6-7)8-2-3-9(11(14)15)10(12)4-8/h2-4,7H,5-6H2,1H3,(H,14,15). The van der Waals surface area contributed by atoms with Gasteiger partial charge in [-0.25, -0.2) is 4.79 Å². The van der Waals surface area contributed by atoms with E-state index in [0.717, 1.165) is 18.8 Å². The van der Waals surface area contributed by atoms with Crippen LogP contribution in [0.1, 0.15) is 17.3 Å². The van der Waals surface area contributed by atoms with E-state index in [-0.39, 0.29) is 5.56 Å². The Morgan fingerprint density at radius 2 is 2.20 bits per heavy atom. The maximum absolute atomic E-state index is 10.7. The van der Waals surface area contributed by atoms with Crippen LogP contribution in [-0.2, 0) is 0 Å². The van der Waals surface area contributed by atoms with Gasteiger partial charge in [-0.15, -0.1) is 0 Å². The molecule has 0 aliphatic carbocycles. The highest BCUT2D eigenvalue weighted by atomic mass is 35.5. The maximum atomic E-state index is 10.7. The van der Waals surface area contributed by atoms with Crippen molar-refractivity contribution in [3.05, 3.63) is 28.8 Å². The molecule has 1 N–H and O–H groups in total. The Morgan fingerprint density at radius 1 is 1.53 bits per heavy atom. The van der Waals surface area contributed by atoms with Gasteiger partial charge in [-0.2, -0.15) is 0 Å². The number of benzene rings is 1. The molecule has 1 heterocycles. The van der Waals surface area contributed by atoms with Gasteiger partial charge in [-0.05, 0) is 24.1 Å². The van der Waals surface area contributed by atoms with Crippen molar-refractivity contribution in [1.29, 1.82) is 0 Å². The van der Waals surface area contributed by atoms with E-state index in [1.807, 2.05) is 0 Å². The van der Waals surface area contributed by atoms with Gasteiger partial charge in [0.2, 0.25) is 0 Å². The van der Waals surface area contributed by atoms with Crippen molar-refractivity contribution < 1.29 is 9.90 Å². The minimum atomic E-state index is -0.983. The molecule has 1 fully saturated rings. The van der Waals surface area contributed by atoms with Crippen LogP contribution in [0.15, 0.2) is 18.2 Å². The van der Waals surface area contributed by atoms with Gasteiger partial charge in [0, 0.05) is 18.8 Å². The molecule has 0 spiro atoms. The SMILES string of the molecule is CC1CN(c2ccc(C(=O)O)c(Cl)c2)C1. The summed E-state index contributed by atoms with van der Waals surface area (Å²) in [6.07, 6.45) is 0. The van der Waals surface area contributed by atoms with E-state index in [1.54, 1.807) is 18.2 Å². The van der Waals surface area contributed by atoms with Crippen molar-refractivity contribution in [2.24, 2.45) is 5.92 Å². The summed E-state index contributed by atoms with van der Waals surface area (Å²) in [5, 5.41) is 9.12. The molecule has 1 aromatic rings. The van der Waals surface area contributed by atoms with E-state index in [4.69, 9.17) is 16.7 Å². The van der Waals surface area contributed by atoms with Crippen LogP contribution >= 0.6 is 11.6 Å². The predicted molar refractivity (Wildman–Crippen MR) is 59.8 cm³/mol. The Bertz CT molecular complexity index is 400. The summed E-state index contributed by atoms with van der Waals surface area (Å²) in [6, 6.07) is 5.08. The fraction of sp³-hybridized carbons (Fsp3) is 0.364. The van der Waals surface area contributed by atoms with Gasteiger partial charge in [0.1, 0.15) is 0 Å². The third kappa shape index (κ3) is 1.92. The molecule has 0 bridgehead atoms. The lowest BCUT2D eigenvalue weighted by molar-refractivity contribution is 0.0697. The number of halogens is 1. The molecule has 3 nitrogen and oxygen atoms in total. The molecule has 1 aliphatic rings. The Morgan fingerprint density at radius 3 is 2.67 bits per heavy atom. The third-order valence-electron chi connectivity index (χ3n) is 2.61. The second kappa shape index (κ2) is 3.74. The van der Waals surface area contributed by atoms with E-state index in [2.05, 4.69) is 11.8 Å². The first-order valence-corrected chi connectivity index (χ1v) is 5.23. The average Bonchev–Trinajstić information content (AvgIpc) is 2.12. The number of carboxylic acid groups (broad SMARTS) is 1. The molecule has 0 aromatic heterocycles. The molecule has 0 radical (unpaired) electrons. The Hall–Kier alpha value is -1.22. The molecular weight excluding hydrogens is 214 g/mol. The second-order valence-electron chi connectivity index (χ2n) is 3.98. The van der Waals surface area contributed by atoms with Gasteiger partial charge in [0.25, 0.3) is 0 Å². The van der Waals surface area contributed by atoms with Crippen molar-refractivity contribution >= 4 is 23.3 Å². The fourth-order valence-electron chi connectivity index (χ4n) is 1.78. The van der Waals surface area contributed by atoms with Crippen LogP contribution in [0.25, 0.3) is 0 Å². The smallest absolute Gasteiger partial charge is 0.337 e. The summed E-state index contributed by atoms with van der Waals surface area (Å²) < 4.78 is 0. The number of carboxylic acids is 1. The molecule has 0 amide bonds. The van der Waals surface area contributed by atoms with Gasteiger partial charge in [-0.3, -0.25) is 0 Å². The quantitative estimate of drug-likeness (QED) is 0.841. The molecule has 0 atom stereocenters. The molecular formula is C11H12ClNO2. The van der Waals surface area contributed by atoms with Gasteiger partial charge >= 0.3 is 5.97 Å². The highest BCUT2D eigenvalue weighted by Gasteiger charge is 2.23. The average molecular weight is 226 g/mol. The van der Waals surface area contributed by atoms with Crippen molar-refractivity contribution in [3.8, 4) is 0 Å². The first-order chi connectivity index (χ1) is 7.08. The van der Waals surface area contributed by atoms with Crippen molar-refractivity contribution in [1.82, 2.24) is 0 Å². The Labute approximate surface area is 93.3 Å². The second-order valence-corrected chi connectivity index (χ2v) is 4.39. The zero-order valence-electron chi connectivity index (χ0n) is 8.40. The highest BCUT2D eigenvalue weighted by Crippen LogP contribution is 2.28. The van der Waals surface area contributed by atoms with E-state index < -0.39 is 5.97 Å². The van der Waals surface area contributed by atoms with Crippen molar-refractivity contribution in [2.45, 2.75) is 6.92 Å². The fourth-order valence-corrected chi connectivity index (χ4v) is 2.04. The summed E-state index contributed by atoms with van der Waals surface area (Å²) >= 11 is 5.88. The molecule has 2 rings (SSSR count). The van der Waals surface area contributed by atoms with Crippen LogP contribution < -0.4 is 4.90 Å². The maximum Gasteiger partial charge on any atom is 0.337 e. The monoisotopic (exact) mass is 225 g/mol. The molecule has 1 aromatic carbocycles. The summed E-state index contributed by atoms with van der Waals surface area (Å²) in [5.74, 6) is -0.272. The molecule has 80 valence electrons. The van der Waals surface area contributed by atoms with Crippen LogP contribution in [0.4, 0.5) is 5.69 Å². The normalized spacial score (nSPS) is 16.3. The summed E-state index contributed by atoms with van der Waals surface area (Å²) in [4.78, 5) is 12.9. The van der Waals surface area contributed by atoms with Crippen molar-refractivity contribution in [2.75, 3.05) is 18.0 Å². The summed E-state index contributed by atoms with van der Waals surface area (Å²) in [7, 11) is 0. The first kappa shape index (κ1) is 10.3. The predicted octanol–water partition coefficient (Wildman–Crippen LogP) is 2.49. The number of carbonyl (C=O) groups is 1. The lowest BCUT2D eigenvalue weighted by Crippen LogP contribution is -2.45. The Balaban J connectivity index is 2.22. The lowest BCUT2D eigenvalue weighted by Gasteiger charge is -2.39. The first-order valence-electron chi connectivity index (χ1n) is 4.85. The molecule has 0 unspecified atom stereocenters. The van der Waals surface area contributed by atoms with Gasteiger partial charge in [0.05, 0.1) is 10.6 Å². The van der Waals surface area contributed by atoms with Gasteiger partial charge in [-0.1, -0.05) is 18.5 Å². The lowest BCUT2D eigenvalue weighted by atomic mass is 10.0. The Kier molecular flexibility index (Phi) is 2.57. The zero-order valence-corrected chi connectivity index (χ0v) is 9.16. The van der Waals surface area contributed by atoms with Gasteiger partial charge < -0.3 is 10.0 Å². The number of anilines is 1. The number of aromatic carboxylic acids is 1. The van der Waals surface area contributed by atoms with Crippen LogP contribution in [-0.4, -0.2) is 24.2 Å². The van der Waals surface area contributed by atoms with E-state index in [9.17, 15) is 4.79 Å². The van der Waals surface area contributed by atoms with Crippen LogP contribution in [0.5, 0.6) is 0 Å². The van der Waals surface area contributed by atoms with Crippen LogP contribution in [0.2, 0.25) is 5.02 Å². The number of hydrogen-bond donors (Lipinski definition) is 1. The zero-order chi connectivity index (χ0) is 11.0. The molecule has 1 aliphatic heterocycles. The number of nitrogens with zero attached hydrogens (tertiary/aromatic N) is 1. The third-order valence-corrected chi connectivity index (χ3v) is 2.93. The van der Waals surface area contributed by atoms with Crippen molar-refractivity contribution in [3.63, 3.8) is 0 Å². The van der Waals surface area contributed by atoms with Crippen LogP contribution in [0.3, 0.4) is 0 Å². The van der Waals surface area contributed by atoms with E-state index in [0.29, 0.717) is 10.9 Å². The van der Waals surface area contributed by atoms with E-state index in [1.165, 1.54) is 0 Å². The molecule has 1 saturated heterocycles. The number of rotatable bonds is 2. The van der Waals surface area contributed by atoms with Gasteiger partial charge in [0.15, 0.2) is 0 Å². The minimum absolute atomic E-state index is 0.161. The minimum Gasteiger partial charge on any atom is -0.478 e. The van der Waals surface area contributed by atoms with E-state index >= 15 is 0 Å². The molecule has 15 heavy (non-hydrogen) atoms. The molecule has 0 saturated carbocycles. The summed E-state index contributed by atoms with van der Waals surface area (Å²) in [6.45, 7) is 4.22. The largest absolute Gasteiger partial charge is 0.478 e. The highest BCUT2D eigenvalue weighted by molar-refractivity contribution is 6.33. The number of hydrogen-bond acceptors (Lipinski definition) is 2. The molecule has 4 heteroatoms.